The van der Waals surface area contributed by atoms with E-state index in [1.807, 2.05) is 0 Å². The first-order chi connectivity index (χ1) is 8.08. The number of piperidine rings is 1. The molecule has 2 heterocycles. The third-order valence-corrected chi connectivity index (χ3v) is 4.49. The van der Waals surface area contributed by atoms with Crippen molar-refractivity contribution in [3.05, 3.63) is 5.56 Å². The van der Waals surface area contributed by atoms with E-state index in [1.165, 1.54) is 35.9 Å². The van der Waals surface area contributed by atoms with Gasteiger partial charge in [0.05, 0.1) is 0 Å². The molecule has 0 amide bonds. The minimum absolute atomic E-state index is 0.695. The van der Waals surface area contributed by atoms with Gasteiger partial charge in [-0.1, -0.05) is 0 Å². The van der Waals surface area contributed by atoms with Gasteiger partial charge in [0.15, 0.2) is 0 Å². The van der Waals surface area contributed by atoms with E-state index in [2.05, 4.69) is 35.2 Å². The molecule has 1 aromatic rings. The van der Waals surface area contributed by atoms with Crippen LogP contribution in [0.25, 0.3) is 0 Å². The molecule has 1 aliphatic heterocycles. The Morgan fingerprint density at radius 3 is 2.53 bits per heavy atom. The van der Waals surface area contributed by atoms with Crippen molar-refractivity contribution in [3.63, 3.8) is 0 Å². The molecular weight excluding hydrogens is 232 g/mol. The van der Waals surface area contributed by atoms with Gasteiger partial charge in [0, 0.05) is 25.2 Å². The second-order valence-electron chi connectivity index (χ2n) is 5.19. The van der Waals surface area contributed by atoms with Crippen molar-refractivity contribution in [2.75, 3.05) is 44.4 Å². The summed E-state index contributed by atoms with van der Waals surface area (Å²) in [6.45, 7) is 5.56. The van der Waals surface area contributed by atoms with Crippen LogP contribution in [0.4, 0.5) is 10.8 Å². The smallest absolute Gasteiger partial charge is 0.142 e. The maximum atomic E-state index is 5.81. The molecular formula is C12H22N4S. The van der Waals surface area contributed by atoms with Crippen LogP contribution in [0.2, 0.25) is 0 Å². The highest BCUT2D eigenvalue weighted by atomic mass is 32.1. The molecule has 5 heteroatoms. The second-order valence-corrected chi connectivity index (χ2v) is 5.94. The van der Waals surface area contributed by atoms with Gasteiger partial charge in [-0.3, -0.25) is 0 Å². The number of nitrogens with zero attached hydrogens (tertiary/aromatic N) is 3. The lowest BCUT2D eigenvalue weighted by molar-refractivity contribution is 0.285. The Balaban J connectivity index is 1.93. The maximum Gasteiger partial charge on any atom is 0.142 e. The predicted octanol–water partition coefficient (Wildman–Crippen LogP) is 1.81. The molecule has 0 bridgehead atoms. The van der Waals surface area contributed by atoms with Crippen LogP contribution in [0.5, 0.6) is 0 Å². The van der Waals surface area contributed by atoms with Crippen molar-refractivity contribution in [1.82, 2.24) is 9.27 Å². The summed E-state index contributed by atoms with van der Waals surface area (Å²) < 4.78 is 4.23. The highest BCUT2D eigenvalue weighted by Gasteiger charge is 2.22. The number of aromatic nitrogens is 1. The third-order valence-electron chi connectivity index (χ3n) is 3.46. The van der Waals surface area contributed by atoms with Crippen molar-refractivity contribution >= 4 is 22.4 Å². The monoisotopic (exact) mass is 254 g/mol. The second kappa shape index (κ2) is 5.23. The van der Waals surface area contributed by atoms with Crippen LogP contribution < -0.4 is 10.6 Å². The Morgan fingerprint density at radius 2 is 2.06 bits per heavy atom. The van der Waals surface area contributed by atoms with Crippen molar-refractivity contribution in [2.45, 2.75) is 19.8 Å². The number of anilines is 2. The van der Waals surface area contributed by atoms with Gasteiger partial charge in [0.1, 0.15) is 10.8 Å². The SMILES string of the molecule is Cc1c(N)nsc1N1CCC(CN(C)C)CC1. The number of hydrogen-bond donors (Lipinski definition) is 1. The molecule has 2 N–H and O–H groups in total. The van der Waals surface area contributed by atoms with Gasteiger partial charge in [-0.25, -0.2) is 0 Å². The van der Waals surface area contributed by atoms with E-state index in [0.717, 1.165) is 24.6 Å². The third kappa shape index (κ3) is 2.90. The van der Waals surface area contributed by atoms with Crippen LogP contribution in [-0.4, -0.2) is 43.0 Å². The fourth-order valence-corrected chi connectivity index (χ4v) is 3.33. The quantitative estimate of drug-likeness (QED) is 0.893. The molecule has 0 spiro atoms. The Bertz CT molecular complexity index is 367. The molecule has 0 aliphatic carbocycles. The number of hydrogen-bond acceptors (Lipinski definition) is 5. The number of nitrogen functional groups attached to an aromatic ring is 1. The van der Waals surface area contributed by atoms with E-state index in [4.69, 9.17) is 5.73 Å². The van der Waals surface area contributed by atoms with Crippen molar-refractivity contribution < 1.29 is 0 Å². The van der Waals surface area contributed by atoms with E-state index in [-0.39, 0.29) is 0 Å². The first kappa shape index (κ1) is 12.6. The fourth-order valence-electron chi connectivity index (χ4n) is 2.47. The molecule has 0 atom stereocenters. The van der Waals surface area contributed by atoms with E-state index < -0.39 is 0 Å². The summed E-state index contributed by atoms with van der Waals surface area (Å²) in [7, 11) is 4.31. The van der Waals surface area contributed by atoms with Crippen LogP contribution in [-0.2, 0) is 0 Å². The highest BCUT2D eigenvalue weighted by molar-refractivity contribution is 7.10. The molecule has 0 saturated carbocycles. The predicted molar refractivity (Wildman–Crippen MR) is 74.8 cm³/mol. The van der Waals surface area contributed by atoms with Crippen LogP contribution in [0.3, 0.4) is 0 Å². The Morgan fingerprint density at radius 1 is 1.41 bits per heavy atom. The minimum atomic E-state index is 0.695. The van der Waals surface area contributed by atoms with Crippen molar-refractivity contribution in [2.24, 2.45) is 5.92 Å². The van der Waals surface area contributed by atoms with Gasteiger partial charge in [-0.15, -0.1) is 0 Å². The average Bonchev–Trinajstić information content (AvgIpc) is 2.60. The molecule has 1 fully saturated rings. The summed E-state index contributed by atoms with van der Waals surface area (Å²) in [5, 5.41) is 1.27. The summed E-state index contributed by atoms with van der Waals surface area (Å²) in [6.07, 6.45) is 2.55. The van der Waals surface area contributed by atoms with Crippen LogP contribution in [0, 0.1) is 12.8 Å². The van der Waals surface area contributed by atoms with Gasteiger partial charge in [-0.2, -0.15) is 4.37 Å². The summed E-state index contributed by atoms with van der Waals surface area (Å²) in [4.78, 5) is 4.73. The summed E-state index contributed by atoms with van der Waals surface area (Å²) >= 11 is 1.54. The van der Waals surface area contributed by atoms with Gasteiger partial charge in [-0.05, 0) is 51.3 Å². The molecule has 0 aromatic carbocycles. The molecule has 96 valence electrons. The van der Waals surface area contributed by atoms with E-state index in [0.29, 0.717) is 5.82 Å². The Labute approximate surface area is 108 Å². The van der Waals surface area contributed by atoms with E-state index >= 15 is 0 Å². The number of nitrogens with two attached hydrogens (primary N) is 1. The molecule has 1 aliphatic rings. The minimum Gasteiger partial charge on any atom is -0.383 e. The van der Waals surface area contributed by atoms with Crippen molar-refractivity contribution in [3.8, 4) is 0 Å². The lowest BCUT2D eigenvalue weighted by Crippen LogP contribution is -2.37. The molecule has 2 rings (SSSR count). The van der Waals surface area contributed by atoms with Crippen LogP contribution in [0.15, 0.2) is 0 Å². The largest absolute Gasteiger partial charge is 0.383 e. The summed E-state index contributed by atoms with van der Waals surface area (Å²) in [5.74, 6) is 1.53. The Kier molecular flexibility index (Phi) is 3.89. The number of rotatable bonds is 3. The van der Waals surface area contributed by atoms with E-state index in [9.17, 15) is 0 Å². The zero-order valence-electron chi connectivity index (χ0n) is 10.9. The van der Waals surface area contributed by atoms with Gasteiger partial charge < -0.3 is 15.5 Å². The van der Waals surface area contributed by atoms with Crippen LogP contribution in [0.1, 0.15) is 18.4 Å². The van der Waals surface area contributed by atoms with Gasteiger partial charge in [0.25, 0.3) is 0 Å². The zero-order valence-corrected chi connectivity index (χ0v) is 11.8. The molecule has 0 unspecified atom stereocenters. The van der Waals surface area contributed by atoms with Gasteiger partial charge in [0.2, 0.25) is 0 Å². The molecule has 17 heavy (non-hydrogen) atoms. The molecule has 1 aromatic heterocycles. The maximum absolute atomic E-state index is 5.81. The molecule has 4 nitrogen and oxygen atoms in total. The first-order valence-corrected chi connectivity index (χ1v) is 6.96. The Hall–Kier alpha value is -0.810. The average molecular weight is 254 g/mol. The normalized spacial score (nSPS) is 18.0. The summed E-state index contributed by atoms with van der Waals surface area (Å²) in [6, 6.07) is 0. The standard InChI is InChI=1S/C12H22N4S/c1-9-11(13)14-17-12(9)16-6-4-10(5-7-16)8-15(2)3/h10H,4-8H2,1-3H3,(H2,13,14). The molecule has 0 radical (unpaired) electrons. The fraction of sp³-hybridized carbons (Fsp3) is 0.750. The lowest BCUT2D eigenvalue weighted by atomic mass is 9.96. The summed E-state index contributed by atoms with van der Waals surface area (Å²) in [5.41, 5.74) is 6.96. The zero-order chi connectivity index (χ0) is 12.4. The lowest BCUT2D eigenvalue weighted by Gasteiger charge is -2.33. The highest BCUT2D eigenvalue weighted by Crippen LogP contribution is 2.32. The van der Waals surface area contributed by atoms with Crippen molar-refractivity contribution in [1.29, 1.82) is 0 Å². The first-order valence-electron chi connectivity index (χ1n) is 6.19. The van der Waals surface area contributed by atoms with Crippen LogP contribution >= 0.6 is 11.5 Å². The van der Waals surface area contributed by atoms with Gasteiger partial charge >= 0.3 is 0 Å². The molecule has 1 saturated heterocycles. The topological polar surface area (TPSA) is 45.4 Å². The van der Waals surface area contributed by atoms with E-state index in [1.54, 1.807) is 0 Å².